The molecule has 1 spiro atoms. The molecule has 7 rings (SSSR count). The molecule has 280 valence electrons. The van der Waals surface area contributed by atoms with Gasteiger partial charge in [-0.3, -0.25) is 19.3 Å². The Balaban J connectivity index is 1.07. The number of thiophene rings is 1. The van der Waals surface area contributed by atoms with Crippen LogP contribution >= 0.6 is 11.3 Å². The van der Waals surface area contributed by atoms with Crippen LogP contribution in [0.1, 0.15) is 57.8 Å². The van der Waals surface area contributed by atoms with Gasteiger partial charge in [0.2, 0.25) is 0 Å². The van der Waals surface area contributed by atoms with Crippen LogP contribution in [0.2, 0.25) is 0 Å². The summed E-state index contributed by atoms with van der Waals surface area (Å²) in [6.45, 7) is 9.12. The van der Waals surface area contributed by atoms with E-state index < -0.39 is 17.5 Å². The van der Waals surface area contributed by atoms with Gasteiger partial charge < -0.3 is 26.0 Å². The number of rotatable bonds is 8. The third-order valence-corrected chi connectivity index (χ3v) is 11.9. The number of hydrogen-bond acceptors (Lipinski definition) is 7. The quantitative estimate of drug-likeness (QED) is 0.126. The van der Waals surface area contributed by atoms with Gasteiger partial charge in [0, 0.05) is 77.3 Å². The van der Waals surface area contributed by atoms with Crippen LogP contribution in [0.15, 0.2) is 90.2 Å². The molecular formula is C42H43F2N5O4S. The van der Waals surface area contributed by atoms with E-state index >= 15 is 0 Å². The predicted molar refractivity (Wildman–Crippen MR) is 209 cm³/mol. The monoisotopic (exact) mass is 751 g/mol. The number of anilines is 3. The zero-order chi connectivity index (χ0) is 38.1. The molecule has 3 aromatic carbocycles. The molecule has 1 unspecified atom stereocenters. The van der Waals surface area contributed by atoms with Crippen LogP contribution in [0.3, 0.4) is 0 Å². The maximum Gasteiger partial charge on any atom is 0.265 e. The summed E-state index contributed by atoms with van der Waals surface area (Å²) in [5.74, 6) is -2.06. The summed E-state index contributed by atoms with van der Waals surface area (Å²) in [5.41, 5.74) is 10.8. The number of ether oxygens (including phenoxy) is 1. The average Bonchev–Trinajstić information content (AvgIpc) is 3.50. The summed E-state index contributed by atoms with van der Waals surface area (Å²) >= 11 is 1.22. The number of likely N-dealkylation sites (tertiary alicyclic amines) is 1. The van der Waals surface area contributed by atoms with Gasteiger partial charge in [0.15, 0.2) is 0 Å². The number of nitrogens with two attached hydrogens (primary N) is 1. The Kier molecular flexibility index (Phi) is 10.5. The Labute approximate surface area is 317 Å². The number of nitrogens with one attached hydrogen (secondary N) is 2. The van der Waals surface area contributed by atoms with Crippen molar-refractivity contribution in [1.82, 2.24) is 4.90 Å². The zero-order valence-corrected chi connectivity index (χ0v) is 31.3. The Morgan fingerprint density at radius 3 is 2.43 bits per heavy atom. The number of nitrogens with zero attached hydrogens (tertiary/aromatic N) is 2. The molecule has 4 heterocycles. The molecule has 4 N–H and O–H groups in total. The van der Waals surface area contributed by atoms with Crippen LogP contribution < -0.4 is 21.3 Å². The van der Waals surface area contributed by atoms with E-state index in [0.29, 0.717) is 50.6 Å². The molecule has 3 aliphatic heterocycles. The maximum absolute atomic E-state index is 14.8. The van der Waals surface area contributed by atoms with Gasteiger partial charge in [-0.2, -0.15) is 0 Å². The number of allylic oxidation sites excluding steroid dienone is 3. The molecule has 0 aliphatic carbocycles. The highest BCUT2D eigenvalue weighted by Gasteiger charge is 2.46. The third kappa shape index (κ3) is 7.59. The first-order valence-electron chi connectivity index (χ1n) is 18.1. The van der Waals surface area contributed by atoms with Crippen LogP contribution in [0.5, 0.6) is 0 Å². The number of amides is 3. The minimum atomic E-state index is -0.524. The van der Waals surface area contributed by atoms with E-state index in [0.717, 1.165) is 49.6 Å². The van der Waals surface area contributed by atoms with Crippen LogP contribution in [0, 0.1) is 24.0 Å². The molecule has 0 radical (unpaired) electrons. The molecule has 1 aromatic heterocycles. The van der Waals surface area contributed by atoms with E-state index in [4.69, 9.17) is 10.5 Å². The lowest BCUT2D eigenvalue weighted by Crippen LogP contribution is -2.61. The highest BCUT2D eigenvalue weighted by atomic mass is 32.1. The van der Waals surface area contributed by atoms with E-state index in [-0.39, 0.29) is 35.5 Å². The molecule has 3 amide bonds. The summed E-state index contributed by atoms with van der Waals surface area (Å²) < 4.78 is 34.8. The first-order chi connectivity index (χ1) is 25.9. The number of hydrogen-bond donors (Lipinski definition) is 3. The largest absolute Gasteiger partial charge is 0.402 e. The van der Waals surface area contributed by atoms with Crippen LogP contribution in [-0.4, -0.2) is 61.5 Å². The second-order valence-corrected chi connectivity index (χ2v) is 15.5. The topological polar surface area (TPSA) is 117 Å². The lowest BCUT2D eigenvalue weighted by atomic mass is 9.72. The van der Waals surface area contributed by atoms with Gasteiger partial charge in [-0.05, 0) is 112 Å². The standard InChI is InChI=1S/C42H43F2N5O4S/c1-25-5-4-6-34(44)37(25)47-40(51)36-21-29-15-18-49(35-22-30(43)10-14-33(35)38(29)54-36)41(52)28-8-11-31(12-9-28)46-39(50)32(13-7-26(2)45)27(3)48-23-42(24-48)16-19-53-20-17-42/h4-14,21-22,27H,15-20,23-24,45H2,1-3H3,(H,46,50)(H,47,51)/b26-7-,32-13+. The first-order valence-corrected chi connectivity index (χ1v) is 18.9. The van der Waals surface area contributed by atoms with Crippen molar-refractivity contribution in [2.75, 3.05) is 48.4 Å². The van der Waals surface area contributed by atoms with Crippen molar-refractivity contribution in [3.05, 3.63) is 123 Å². The van der Waals surface area contributed by atoms with Crippen molar-refractivity contribution in [2.45, 2.75) is 46.1 Å². The fourth-order valence-corrected chi connectivity index (χ4v) is 8.63. The molecule has 2 fully saturated rings. The Hall–Kier alpha value is -5.17. The van der Waals surface area contributed by atoms with E-state index in [9.17, 15) is 23.2 Å². The minimum Gasteiger partial charge on any atom is -0.402 e. The Morgan fingerprint density at radius 2 is 1.72 bits per heavy atom. The predicted octanol–water partition coefficient (Wildman–Crippen LogP) is 7.69. The van der Waals surface area contributed by atoms with Crippen molar-refractivity contribution in [3.8, 4) is 10.4 Å². The van der Waals surface area contributed by atoms with Gasteiger partial charge >= 0.3 is 0 Å². The summed E-state index contributed by atoms with van der Waals surface area (Å²) in [5, 5.41) is 5.68. The van der Waals surface area contributed by atoms with Crippen molar-refractivity contribution in [1.29, 1.82) is 0 Å². The molecule has 4 aromatic rings. The summed E-state index contributed by atoms with van der Waals surface area (Å²) in [7, 11) is 0. The highest BCUT2D eigenvalue weighted by molar-refractivity contribution is 7.17. The average molecular weight is 752 g/mol. The number of benzene rings is 3. The molecule has 2 saturated heterocycles. The number of para-hydroxylation sites is 1. The van der Waals surface area contributed by atoms with Crippen molar-refractivity contribution in [3.63, 3.8) is 0 Å². The summed E-state index contributed by atoms with van der Waals surface area (Å²) in [4.78, 5) is 45.9. The normalized spacial score (nSPS) is 17.5. The SMILES string of the molecule is C/C(N)=C/C=C(/C(=O)Nc1ccc(C(=O)N2CCc3cc(C(=O)Nc4c(C)cccc4F)sc3-c3ccc(F)cc32)cc1)C(C)N1CC2(CCOCC2)C1. The van der Waals surface area contributed by atoms with Crippen molar-refractivity contribution in [2.24, 2.45) is 11.1 Å². The van der Waals surface area contributed by atoms with Crippen LogP contribution in [0.4, 0.5) is 25.8 Å². The molecule has 9 nitrogen and oxygen atoms in total. The van der Waals surface area contributed by atoms with Gasteiger partial charge in [-0.1, -0.05) is 18.2 Å². The zero-order valence-electron chi connectivity index (χ0n) is 30.5. The molecule has 1 atom stereocenters. The molecule has 0 bridgehead atoms. The van der Waals surface area contributed by atoms with Crippen LogP contribution in [0.25, 0.3) is 10.4 Å². The molecule has 3 aliphatic rings. The number of carbonyl (C=O) groups is 3. The number of aryl methyl sites for hydroxylation is 1. The van der Waals surface area contributed by atoms with Gasteiger partial charge in [0.25, 0.3) is 17.7 Å². The molecule has 54 heavy (non-hydrogen) atoms. The second kappa shape index (κ2) is 15.3. The van der Waals surface area contributed by atoms with E-state index in [1.54, 1.807) is 79.4 Å². The lowest BCUT2D eigenvalue weighted by molar-refractivity contribution is -0.116. The highest BCUT2D eigenvalue weighted by Crippen LogP contribution is 2.43. The number of fused-ring (bicyclic) bond motifs is 3. The van der Waals surface area contributed by atoms with Gasteiger partial charge in [-0.15, -0.1) is 11.3 Å². The van der Waals surface area contributed by atoms with E-state index in [1.807, 2.05) is 6.92 Å². The number of carbonyl (C=O) groups excluding carboxylic acids is 3. The van der Waals surface area contributed by atoms with Gasteiger partial charge in [0.05, 0.1) is 16.3 Å². The summed E-state index contributed by atoms with van der Waals surface area (Å²) in [6.07, 6.45) is 5.97. The molecular weight excluding hydrogens is 709 g/mol. The minimum absolute atomic E-state index is 0.122. The fraction of sp³-hybridized carbons (Fsp3) is 0.310. The maximum atomic E-state index is 14.8. The van der Waals surface area contributed by atoms with E-state index in [1.165, 1.54) is 29.5 Å². The van der Waals surface area contributed by atoms with Crippen LogP contribution in [-0.2, 0) is 16.0 Å². The first kappa shape index (κ1) is 37.2. The smallest absolute Gasteiger partial charge is 0.265 e. The van der Waals surface area contributed by atoms with Gasteiger partial charge in [-0.25, -0.2) is 8.78 Å². The molecule has 0 saturated carbocycles. The second-order valence-electron chi connectivity index (χ2n) is 14.5. The molecule has 12 heteroatoms. The van der Waals surface area contributed by atoms with Crippen molar-refractivity contribution >= 4 is 46.1 Å². The Bertz CT molecular complexity index is 2140. The Morgan fingerprint density at radius 1 is 0.981 bits per heavy atom. The van der Waals surface area contributed by atoms with E-state index in [2.05, 4.69) is 15.5 Å². The number of halogens is 2. The fourth-order valence-electron chi connectivity index (χ4n) is 7.49. The van der Waals surface area contributed by atoms with Gasteiger partial charge in [0.1, 0.15) is 11.6 Å². The lowest BCUT2D eigenvalue weighted by Gasteiger charge is -2.54. The third-order valence-electron chi connectivity index (χ3n) is 10.6. The van der Waals surface area contributed by atoms with Crippen molar-refractivity contribution < 1.29 is 27.9 Å². The summed E-state index contributed by atoms with van der Waals surface area (Å²) in [6, 6.07) is 17.1.